The first-order valence-corrected chi connectivity index (χ1v) is 3.28. The van der Waals surface area contributed by atoms with Crippen LogP contribution in [0.25, 0.3) is 0 Å². The van der Waals surface area contributed by atoms with Crippen molar-refractivity contribution >= 4 is 0 Å². The highest BCUT2D eigenvalue weighted by atomic mass is 19.1. The molecule has 0 saturated carbocycles. The molecular formula is C9H9FO. The number of benzene rings is 1. The Hall–Kier alpha value is -1.31. The maximum atomic E-state index is 12.7. The highest BCUT2D eigenvalue weighted by Crippen LogP contribution is 2.15. The Morgan fingerprint density at radius 1 is 1.55 bits per heavy atom. The fourth-order valence-corrected chi connectivity index (χ4v) is 0.787. The molecule has 0 bridgehead atoms. The van der Waals surface area contributed by atoms with Gasteiger partial charge in [-0.05, 0) is 30.7 Å². The number of rotatable bonds is 2. The molecule has 0 aliphatic heterocycles. The van der Waals surface area contributed by atoms with Gasteiger partial charge >= 0.3 is 0 Å². The van der Waals surface area contributed by atoms with Crippen molar-refractivity contribution in [2.24, 2.45) is 0 Å². The topological polar surface area (TPSA) is 9.23 Å². The van der Waals surface area contributed by atoms with Crippen LogP contribution in [0.1, 0.15) is 5.56 Å². The van der Waals surface area contributed by atoms with Crippen molar-refractivity contribution < 1.29 is 9.13 Å². The molecule has 0 atom stereocenters. The van der Waals surface area contributed by atoms with E-state index >= 15 is 0 Å². The number of ether oxygens (including phenoxy) is 1. The largest absolute Gasteiger partial charge is 0.466 e. The summed E-state index contributed by atoms with van der Waals surface area (Å²) in [6.07, 6.45) is 1.31. The van der Waals surface area contributed by atoms with Gasteiger partial charge in [-0.3, -0.25) is 0 Å². The van der Waals surface area contributed by atoms with E-state index in [-0.39, 0.29) is 5.82 Å². The molecule has 0 amide bonds. The second-order valence-electron chi connectivity index (χ2n) is 2.20. The average Bonchev–Trinajstić information content (AvgIpc) is 1.98. The van der Waals surface area contributed by atoms with E-state index in [0.29, 0.717) is 11.3 Å². The Morgan fingerprint density at radius 2 is 2.27 bits per heavy atom. The number of hydrogen-bond acceptors (Lipinski definition) is 1. The van der Waals surface area contributed by atoms with E-state index in [0.717, 1.165) is 0 Å². The molecule has 2 heteroatoms. The molecule has 0 radical (unpaired) electrons. The standard InChI is InChI=1S/C9H9FO/c1-3-11-8-4-5-9(10)7(2)6-8/h3-6H,1H2,2H3. The molecule has 0 aromatic heterocycles. The van der Waals surface area contributed by atoms with E-state index in [1.165, 1.54) is 12.3 Å². The van der Waals surface area contributed by atoms with Gasteiger partial charge in [0.15, 0.2) is 0 Å². The zero-order valence-corrected chi connectivity index (χ0v) is 6.30. The molecule has 0 unspecified atom stereocenters. The van der Waals surface area contributed by atoms with Crippen molar-refractivity contribution in [1.29, 1.82) is 0 Å². The van der Waals surface area contributed by atoms with Crippen LogP contribution >= 0.6 is 0 Å². The van der Waals surface area contributed by atoms with E-state index in [4.69, 9.17) is 4.74 Å². The summed E-state index contributed by atoms with van der Waals surface area (Å²) in [7, 11) is 0. The van der Waals surface area contributed by atoms with Crippen molar-refractivity contribution in [3.8, 4) is 5.75 Å². The van der Waals surface area contributed by atoms with Crippen molar-refractivity contribution in [2.75, 3.05) is 0 Å². The molecule has 0 saturated heterocycles. The molecule has 1 aromatic carbocycles. The molecular weight excluding hydrogens is 143 g/mol. The third-order valence-electron chi connectivity index (χ3n) is 1.35. The first-order chi connectivity index (χ1) is 5.24. The van der Waals surface area contributed by atoms with Gasteiger partial charge in [0.1, 0.15) is 11.6 Å². The Bertz CT molecular complexity index is 268. The minimum atomic E-state index is -0.221. The fourth-order valence-electron chi connectivity index (χ4n) is 0.787. The van der Waals surface area contributed by atoms with Crippen LogP contribution in [0, 0.1) is 12.7 Å². The number of halogens is 1. The predicted octanol–water partition coefficient (Wildman–Crippen LogP) is 2.66. The van der Waals surface area contributed by atoms with Crippen LogP contribution in [0.3, 0.4) is 0 Å². The van der Waals surface area contributed by atoms with Gasteiger partial charge in [0.05, 0.1) is 6.26 Å². The molecule has 1 rings (SSSR count). The van der Waals surface area contributed by atoms with Gasteiger partial charge in [-0.2, -0.15) is 0 Å². The summed E-state index contributed by atoms with van der Waals surface area (Å²) >= 11 is 0. The number of aryl methyl sites for hydroxylation is 1. The minimum absolute atomic E-state index is 0.221. The number of hydrogen-bond donors (Lipinski definition) is 0. The van der Waals surface area contributed by atoms with E-state index < -0.39 is 0 Å². The van der Waals surface area contributed by atoms with Crippen LogP contribution in [0.4, 0.5) is 4.39 Å². The third-order valence-corrected chi connectivity index (χ3v) is 1.35. The lowest BCUT2D eigenvalue weighted by Gasteiger charge is -2.00. The lowest BCUT2D eigenvalue weighted by Crippen LogP contribution is -1.84. The molecule has 0 aliphatic rings. The van der Waals surface area contributed by atoms with Crippen LogP contribution in [0.5, 0.6) is 5.75 Å². The molecule has 0 spiro atoms. The zero-order chi connectivity index (χ0) is 8.27. The van der Waals surface area contributed by atoms with Crippen molar-refractivity contribution in [2.45, 2.75) is 6.92 Å². The SMILES string of the molecule is C=COc1ccc(F)c(C)c1. The summed E-state index contributed by atoms with van der Waals surface area (Å²) in [5, 5.41) is 0. The van der Waals surface area contributed by atoms with Crippen LogP contribution in [0.15, 0.2) is 31.0 Å². The van der Waals surface area contributed by atoms with Gasteiger partial charge in [-0.1, -0.05) is 6.58 Å². The molecule has 1 nitrogen and oxygen atoms in total. The molecule has 0 aliphatic carbocycles. The Labute approximate surface area is 65.1 Å². The van der Waals surface area contributed by atoms with Crippen LogP contribution in [-0.2, 0) is 0 Å². The van der Waals surface area contributed by atoms with Gasteiger partial charge < -0.3 is 4.74 Å². The van der Waals surface area contributed by atoms with Crippen molar-refractivity contribution in [1.82, 2.24) is 0 Å². The van der Waals surface area contributed by atoms with Gasteiger partial charge in [0, 0.05) is 0 Å². The summed E-state index contributed by atoms with van der Waals surface area (Å²) in [5.74, 6) is 0.389. The lowest BCUT2D eigenvalue weighted by atomic mass is 10.2. The molecule has 58 valence electrons. The Balaban J connectivity index is 2.95. The normalized spacial score (nSPS) is 9.27. The molecule has 0 heterocycles. The summed E-state index contributed by atoms with van der Waals surface area (Å²) in [6, 6.07) is 4.55. The Kier molecular flexibility index (Phi) is 2.26. The summed E-state index contributed by atoms with van der Waals surface area (Å²) < 4.78 is 17.6. The smallest absolute Gasteiger partial charge is 0.126 e. The zero-order valence-electron chi connectivity index (χ0n) is 6.30. The maximum Gasteiger partial charge on any atom is 0.126 e. The van der Waals surface area contributed by atoms with Crippen LogP contribution in [0.2, 0.25) is 0 Å². The van der Waals surface area contributed by atoms with E-state index in [2.05, 4.69) is 6.58 Å². The molecule has 11 heavy (non-hydrogen) atoms. The fraction of sp³-hybridized carbons (Fsp3) is 0.111. The third kappa shape index (κ3) is 1.80. The quantitative estimate of drug-likeness (QED) is 0.592. The Morgan fingerprint density at radius 3 is 2.82 bits per heavy atom. The summed E-state index contributed by atoms with van der Waals surface area (Å²) in [5.41, 5.74) is 0.573. The molecule has 1 aromatic rings. The van der Waals surface area contributed by atoms with Gasteiger partial charge in [0.2, 0.25) is 0 Å². The van der Waals surface area contributed by atoms with Gasteiger partial charge in [-0.15, -0.1) is 0 Å². The highest BCUT2D eigenvalue weighted by Gasteiger charge is 1.97. The second-order valence-corrected chi connectivity index (χ2v) is 2.20. The van der Waals surface area contributed by atoms with Gasteiger partial charge in [0.25, 0.3) is 0 Å². The average molecular weight is 152 g/mol. The minimum Gasteiger partial charge on any atom is -0.466 e. The summed E-state index contributed by atoms with van der Waals surface area (Å²) in [6.45, 7) is 5.08. The molecule has 0 fully saturated rings. The highest BCUT2D eigenvalue weighted by molar-refractivity contribution is 5.29. The van der Waals surface area contributed by atoms with E-state index in [1.807, 2.05) is 0 Å². The van der Waals surface area contributed by atoms with Crippen molar-refractivity contribution in [3.63, 3.8) is 0 Å². The van der Waals surface area contributed by atoms with Crippen LogP contribution < -0.4 is 4.74 Å². The lowest BCUT2D eigenvalue weighted by molar-refractivity contribution is 0.480. The molecule has 0 N–H and O–H groups in total. The second kappa shape index (κ2) is 3.19. The first kappa shape index (κ1) is 7.79. The van der Waals surface area contributed by atoms with E-state index in [9.17, 15) is 4.39 Å². The predicted molar refractivity (Wildman–Crippen MR) is 42.0 cm³/mol. The van der Waals surface area contributed by atoms with Crippen molar-refractivity contribution in [3.05, 3.63) is 42.4 Å². The van der Waals surface area contributed by atoms with Gasteiger partial charge in [-0.25, -0.2) is 4.39 Å². The van der Waals surface area contributed by atoms with E-state index in [1.54, 1.807) is 19.1 Å². The monoisotopic (exact) mass is 152 g/mol. The first-order valence-electron chi connectivity index (χ1n) is 3.28. The van der Waals surface area contributed by atoms with Crippen LogP contribution in [-0.4, -0.2) is 0 Å². The maximum absolute atomic E-state index is 12.7. The summed E-state index contributed by atoms with van der Waals surface area (Å²) in [4.78, 5) is 0.